The summed E-state index contributed by atoms with van der Waals surface area (Å²) < 4.78 is 44.9. The van der Waals surface area contributed by atoms with Gasteiger partial charge in [-0.05, 0) is 67.4 Å². The minimum absolute atomic E-state index is 0.0834. The molecule has 3 unspecified atom stereocenters. The van der Waals surface area contributed by atoms with E-state index < -0.39 is 17.2 Å². The number of hydrogen-bond acceptors (Lipinski definition) is 4. The lowest BCUT2D eigenvalue weighted by Gasteiger charge is -2.50. The quantitative estimate of drug-likeness (QED) is 0.528. The highest BCUT2D eigenvalue weighted by Gasteiger charge is 2.63. The maximum Gasteiger partial charge on any atom is 0.416 e. The largest absolute Gasteiger partial charge is 0.462 e. The lowest BCUT2D eigenvalue weighted by atomic mass is 9.52. The van der Waals surface area contributed by atoms with Crippen LogP contribution < -0.4 is 0 Å². The van der Waals surface area contributed by atoms with E-state index in [0.29, 0.717) is 35.1 Å². The summed E-state index contributed by atoms with van der Waals surface area (Å²) in [5, 5.41) is 10.3. The average molecular weight is 486 g/mol. The molecule has 3 fully saturated rings. The van der Waals surface area contributed by atoms with Crippen molar-refractivity contribution >= 4 is 12.0 Å². The standard InChI is InChI=1S/C28H30F3NO3/c1-17-25-24(23-8-3-2-5-19(23)14-27(25,16-33)26(34)35-17)12-11-22-10-9-20(15-32-22)18-6-4-7-21(13-18)28(29,30)31/h4,6-7,9-13,15,17,19,23-25,33H,2-3,5,8,14,16H2,1H3/b12-11+/t17-,19?,23?,24+,25?,27+/m1/s1. The molecule has 1 aliphatic heterocycles. The number of aliphatic hydroxyl groups is 1. The zero-order chi connectivity index (χ0) is 24.8. The number of halogens is 3. The zero-order valence-corrected chi connectivity index (χ0v) is 19.7. The number of alkyl halides is 3. The molecule has 7 heteroatoms. The monoisotopic (exact) mass is 485 g/mol. The highest BCUT2D eigenvalue weighted by molar-refractivity contribution is 5.80. The first-order valence-corrected chi connectivity index (χ1v) is 12.4. The lowest BCUT2D eigenvalue weighted by Crippen LogP contribution is -2.51. The molecule has 0 spiro atoms. The Labute approximate surface area is 203 Å². The van der Waals surface area contributed by atoms with Gasteiger partial charge in [-0.3, -0.25) is 9.78 Å². The van der Waals surface area contributed by atoms with E-state index in [1.807, 2.05) is 13.0 Å². The number of cyclic esters (lactones) is 1. The Morgan fingerprint density at radius 1 is 1.17 bits per heavy atom. The van der Waals surface area contributed by atoms with Crippen LogP contribution in [0.4, 0.5) is 13.2 Å². The number of pyridine rings is 1. The van der Waals surface area contributed by atoms with Gasteiger partial charge in [0.1, 0.15) is 6.10 Å². The molecule has 2 aromatic rings. The van der Waals surface area contributed by atoms with Gasteiger partial charge in [0, 0.05) is 17.7 Å². The Bertz CT molecular complexity index is 1110. The lowest BCUT2D eigenvalue weighted by molar-refractivity contribution is -0.153. The summed E-state index contributed by atoms with van der Waals surface area (Å²) in [6.45, 7) is 1.73. The predicted molar refractivity (Wildman–Crippen MR) is 126 cm³/mol. The van der Waals surface area contributed by atoms with Crippen molar-refractivity contribution in [1.82, 2.24) is 4.98 Å². The SMILES string of the molecule is C[C@H]1OC(=O)[C@]2(CO)CC3CCCCC3[C@H](/C=C/c3ccc(-c4cccc(C(F)(F)F)c4)cn3)C12. The fourth-order valence-corrected chi connectivity index (χ4v) is 6.83. The number of esters is 1. The predicted octanol–water partition coefficient (Wildman–Crippen LogP) is 6.15. The summed E-state index contributed by atoms with van der Waals surface area (Å²) in [7, 11) is 0. The Hall–Kier alpha value is -2.67. The van der Waals surface area contributed by atoms with Gasteiger partial charge in [-0.1, -0.05) is 43.5 Å². The van der Waals surface area contributed by atoms with Gasteiger partial charge in [-0.15, -0.1) is 0 Å². The van der Waals surface area contributed by atoms with Gasteiger partial charge in [-0.25, -0.2) is 0 Å². The van der Waals surface area contributed by atoms with E-state index >= 15 is 0 Å². The van der Waals surface area contributed by atoms with Gasteiger partial charge in [0.05, 0.1) is 23.3 Å². The van der Waals surface area contributed by atoms with Crippen LogP contribution in [-0.2, 0) is 15.7 Å². The van der Waals surface area contributed by atoms with E-state index in [2.05, 4.69) is 11.1 Å². The van der Waals surface area contributed by atoms with Crippen molar-refractivity contribution in [3.8, 4) is 11.1 Å². The third-order valence-corrected chi connectivity index (χ3v) is 8.43. The first-order chi connectivity index (χ1) is 16.7. The van der Waals surface area contributed by atoms with E-state index in [4.69, 9.17) is 4.74 Å². The Morgan fingerprint density at radius 2 is 1.97 bits per heavy atom. The molecular formula is C28H30F3NO3. The van der Waals surface area contributed by atoms with Crippen LogP contribution in [0.5, 0.6) is 0 Å². The van der Waals surface area contributed by atoms with Crippen molar-refractivity contribution in [2.75, 3.05) is 6.61 Å². The topological polar surface area (TPSA) is 59.4 Å². The number of fused-ring (bicyclic) bond motifs is 2. The van der Waals surface area contributed by atoms with Crippen LogP contribution in [0.2, 0.25) is 0 Å². The number of rotatable bonds is 4. The number of aliphatic hydroxyl groups excluding tert-OH is 1. The molecule has 1 saturated heterocycles. The van der Waals surface area contributed by atoms with Gasteiger partial charge in [0.25, 0.3) is 0 Å². The van der Waals surface area contributed by atoms with Crippen molar-refractivity contribution < 1.29 is 27.8 Å². The molecule has 0 bridgehead atoms. The number of hydrogen-bond donors (Lipinski definition) is 1. The second-order valence-electron chi connectivity index (χ2n) is 10.3. The normalized spacial score (nSPS) is 32.8. The van der Waals surface area contributed by atoms with Crippen molar-refractivity contribution in [3.63, 3.8) is 0 Å². The van der Waals surface area contributed by atoms with Crippen LogP contribution >= 0.6 is 0 Å². The molecule has 2 aliphatic carbocycles. The number of aromatic nitrogens is 1. The van der Waals surface area contributed by atoms with Crippen molar-refractivity contribution in [3.05, 3.63) is 59.9 Å². The molecule has 0 amide bonds. The number of allylic oxidation sites excluding steroid dienone is 1. The number of ether oxygens (including phenoxy) is 1. The summed E-state index contributed by atoms with van der Waals surface area (Å²) in [4.78, 5) is 17.3. The molecule has 2 heterocycles. The molecular weight excluding hydrogens is 455 g/mol. The van der Waals surface area contributed by atoms with Crippen LogP contribution in [0.1, 0.15) is 50.3 Å². The summed E-state index contributed by atoms with van der Waals surface area (Å²) in [6, 6.07) is 8.79. The number of nitrogens with zero attached hydrogens (tertiary/aromatic N) is 1. The molecule has 4 nitrogen and oxygen atoms in total. The number of benzene rings is 1. The minimum Gasteiger partial charge on any atom is -0.462 e. The Kier molecular flexibility index (Phi) is 6.24. The summed E-state index contributed by atoms with van der Waals surface area (Å²) in [6.07, 6.45) is 6.16. The minimum atomic E-state index is -4.39. The fourth-order valence-electron chi connectivity index (χ4n) is 6.83. The van der Waals surface area contributed by atoms with Crippen LogP contribution in [0.3, 0.4) is 0 Å². The van der Waals surface area contributed by atoms with Gasteiger partial charge in [0.15, 0.2) is 0 Å². The fraction of sp³-hybridized carbons (Fsp3) is 0.500. The van der Waals surface area contributed by atoms with E-state index in [9.17, 15) is 23.1 Å². The molecule has 186 valence electrons. The Morgan fingerprint density at radius 3 is 2.69 bits per heavy atom. The van der Waals surface area contributed by atoms with Crippen LogP contribution in [0.15, 0.2) is 48.7 Å². The van der Waals surface area contributed by atoms with E-state index in [1.54, 1.807) is 24.4 Å². The van der Waals surface area contributed by atoms with Crippen LogP contribution in [-0.4, -0.2) is 28.8 Å². The molecule has 3 aliphatic rings. The molecule has 0 radical (unpaired) electrons. The summed E-state index contributed by atoms with van der Waals surface area (Å²) >= 11 is 0. The van der Waals surface area contributed by atoms with Gasteiger partial charge in [-0.2, -0.15) is 13.2 Å². The third-order valence-electron chi connectivity index (χ3n) is 8.43. The summed E-state index contributed by atoms with van der Waals surface area (Å²) in [5.74, 6) is 0.554. The second-order valence-corrected chi connectivity index (χ2v) is 10.3. The highest BCUT2D eigenvalue weighted by Crippen LogP contribution is 2.59. The first-order valence-electron chi connectivity index (χ1n) is 12.4. The molecule has 5 rings (SSSR count). The van der Waals surface area contributed by atoms with Crippen molar-refractivity contribution in [2.45, 2.75) is 51.3 Å². The molecule has 1 N–H and O–H groups in total. The van der Waals surface area contributed by atoms with Gasteiger partial charge < -0.3 is 9.84 Å². The molecule has 2 saturated carbocycles. The molecule has 35 heavy (non-hydrogen) atoms. The summed E-state index contributed by atoms with van der Waals surface area (Å²) in [5.41, 5.74) is 0.247. The second kappa shape index (κ2) is 9.08. The van der Waals surface area contributed by atoms with E-state index in [1.165, 1.54) is 6.07 Å². The number of carbonyl (C=O) groups excluding carboxylic acids is 1. The smallest absolute Gasteiger partial charge is 0.416 e. The third kappa shape index (κ3) is 4.28. The maximum absolute atomic E-state index is 13.1. The van der Waals surface area contributed by atoms with Gasteiger partial charge in [0.2, 0.25) is 0 Å². The van der Waals surface area contributed by atoms with Crippen LogP contribution in [0.25, 0.3) is 17.2 Å². The van der Waals surface area contributed by atoms with Crippen LogP contribution in [0, 0.1) is 29.1 Å². The molecule has 1 aromatic carbocycles. The average Bonchev–Trinajstić information content (AvgIpc) is 3.11. The molecule has 1 aromatic heterocycles. The maximum atomic E-state index is 13.1. The van der Waals surface area contributed by atoms with E-state index in [-0.39, 0.29) is 30.5 Å². The molecule has 6 atom stereocenters. The Balaban J connectivity index is 1.41. The van der Waals surface area contributed by atoms with Gasteiger partial charge >= 0.3 is 12.1 Å². The van der Waals surface area contributed by atoms with E-state index in [0.717, 1.165) is 37.8 Å². The zero-order valence-electron chi connectivity index (χ0n) is 19.7. The highest BCUT2D eigenvalue weighted by atomic mass is 19.4. The first kappa shape index (κ1) is 24.0. The van der Waals surface area contributed by atoms with Crippen molar-refractivity contribution in [2.24, 2.45) is 29.1 Å². The number of carbonyl (C=O) groups is 1. The van der Waals surface area contributed by atoms with Crippen molar-refractivity contribution in [1.29, 1.82) is 0 Å².